The summed E-state index contributed by atoms with van der Waals surface area (Å²) in [7, 11) is 1.64. The Labute approximate surface area is 123 Å². The zero-order chi connectivity index (χ0) is 15.6. The fourth-order valence-corrected chi connectivity index (χ4v) is 2.40. The maximum atomic E-state index is 13.3. The lowest BCUT2D eigenvalue weighted by atomic mass is 10.0. The molecule has 2 rings (SSSR count). The van der Waals surface area contributed by atoms with Crippen LogP contribution in [-0.4, -0.2) is 7.11 Å². The zero-order valence-corrected chi connectivity index (χ0v) is 12.6. The number of anilines is 1. The van der Waals surface area contributed by atoms with Crippen molar-refractivity contribution in [1.82, 2.24) is 0 Å². The molecule has 0 aromatic heterocycles. The third kappa shape index (κ3) is 3.15. The van der Waals surface area contributed by atoms with Crippen LogP contribution in [0.2, 0.25) is 0 Å². The molecule has 2 aromatic rings. The summed E-state index contributed by atoms with van der Waals surface area (Å²) in [6.45, 7) is 5.85. The Morgan fingerprint density at radius 1 is 1.05 bits per heavy atom. The summed E-state index contributed by atoms with van der Waals surface area (Å²) >= 11 is 0. The van der Waals surface area contributed by atoms with Crippen LogP contribution in [0.1, 0.15) is 29.7 Å². The van der Waals surface area contributed by atoms with E-state index < -0.39 is 11.6 Å². The third-order valence-electron chi connectivity index (χ3n) is 3.62. The minimum absolute atomic E-state index is 0.147. The van der Waals surface area contributed by atoms with E-state index in [1.54, 1.807) is 13.2 Å². The second kappa shape index (κ2) is 6.12. The predicted octanol–water partition coefficient (Wildman–Crippen LogP) is 4.76. The predicted molar refractivity (Wildman–Crippen MR) is 80.9 cm³/mol. The first-order valence-electron chi connectivity index (χ1n) is 6.79. The van der Waals surface area contributed by atoms with Gasteiger partial charge < -0.3 is 10.1 Å². The second-order valence-electron chi connectivity index (χ2n) is 5.13. The number of methoxy groups -OCH3 is 1. The molecular formula is C17H19F2NO. The molecule has 0 saturated carbocycles. The minimum atomic E-state index is -0.834. The largest absolute Gasteiger partial charge is 0.496 e. The maximum absolute atomic E-state index is 13.3. The molecule has 1 unspecified atom stereocenters. The summed E-state index contributed by atoms with van der Waals surface area (Å²) in [5.74, 6) is -0.837. The number of hydrogen-bond acceptors (Lipinski definition) is 2. The number of rotatable bonds is 4. The molecule has 0 aliphatic rings. The Bertz CT molecular complexity index is 655. The molecule has 2 aromatic carbocycles. The van der Waals surface area contributed by atoms with E-state index in [0.717, 1.165) is 28.6 Å². The van der Waals surface area contributed by atoms with Crippen LogP contribution in [0.4, 0.5) is 14.5 Å². The van der Waals surface area contributed by atoms with Gasteiger partial charge >= 0.3 is 0 Å². The van der Waals surface area contributed by atoms with Crippen LogP contribution < -0.4 is 10.1 Å². The summed E-state index contributed by atoms with van der Waals surface area (Å²) < 4.78 is 31.7. The van der Waals surface area contributed by atoms with Crippen molar-refractivity contribution in [3.05, 3.63) is 58.7 Å². The lowest BCUT2D eigenvalue weighted by Gasteiger charge is -2.20. The van der Waals surface area contributed by atoms with Crippen molar-refractivity contribution in [3.8, 4) is 5.75 Å². The van der Waals surface area contributed by atoms with Gasteiger partial charge in [-0.2, -0.15) is 0 Å². The van der Waals surface area contributed by atoms with Gasteiger partial charge in [0, 0.05) is 17.3 Å². The molecule has 21 heavy (non-hydrogen) atoms. The molecule has 0 radical (unpaired) electrons. The van der Waals surface area contributed by atoms with E-state index in [9.17, 15) is 8.78 Å². The van der Waals surface area contributed by atoms with Crippen molar-refractivity contribution in [2.24, 2.45) is 0 Å². The lowest BCUT2D eigenvalue weighted by molar-refractivity contribution is 0.409. The number of halogens is 2. The number of benzene rings is 2. The van der Waals surface area contributed by atoms with Crippen LogP contribution in [0.3, 0.4) is 0 Å². The highest BCUT2D eigenvalue weighted by Crippen LogP contribution is 2.31. The number of ether oxygens (including phenoxy) is 1. The van der Waals surface area contributed by atoms with Gasteiger partial charge in [0.2, 0.25) is 0 Å². The van der Waals surface area contributed by atoms with E-state index in [1.807, 2.05) is 32.9 Å². The van der Waals surface area contributed by atoms with E-state index in [0.29, 0.717) is 5.56 Å². The minimum Gasteiger partial charge on any atom is -0.496 e. The molecule has 4 heteroatoms. The molecule has 112 valence electrons. The number of hydrogen-bond donors (Lipinski definition) is 1. The van der Waals surface area contributed by atoms with E-state index >= 15 is 0 Å². The van der Waals surface area contributed by atoms with Crippen LogP contribution >= 0.6 is 0 Å². The van der Waals surface area contributed by atoms with Crippen LogP contribution in [0, 0.1) is 25.5 Å². The van der Waals surface area contributed by atoms with Crippen LogP contribution in [0.5, 0.6) is 5.75 Å². The van der Waals surface area contributed by atoms with Crippen molar-refractivity contribution >= 4 is 5.69 Å². The van der Waals surface area contributed by atoms with Gasteiger partial charge in [0.15, 0.2) is 11.6 Å². The zero-order valence-electron chi connectivity index (χ0n) is 12.6. The normalized spacial score (nSPS) is 12.1. The standard InChI is InChI=1S/C17H19F2NO/c1-10-5-8-16(11(2)17(10)21-4)20-12(3)13-6-7-14(18)15(19)9-13/h5-9,12,20H,1-4H3. The van der Waals surface area contributed by atoms with Crippen LogP contribution in [0.15, 0.2) is 30.3 Å². The number of aryl methyl sites for hydroxylation is 1. The van der Waals surface area contributed by atoms with Crippen molar-refractivity contribution < 1.29 is 13.5 Å². The van der Waals surface area contributed by atoms with Gasteiger partial charge in [0.25, 0.3) is 0 Å². The average Bonchev–Trinajstić information content (AvgIpc) is 2.45. The summed E-state index contributed by atoms with van der Waals surface area (Å²) in [6, 6.07) is 7.72. The Balaban J connectivity index is 2.27. The van der Waals surface area contributed by atoms with Gasteiger partial charge in [-0.3, -0.25) is 0 Å². The van der Waals surface area contributed by atoms with Crippen molar-refractivity contribution in [1.29, 1.82) is 0 Å². The SMILES string of the molecule is COc1c(C)ccc(NC(C)c2ccc(F)c(F)c2)c1C. The van der Waals surface area contributed by atoms with E-state index in [1.165, 1.54) is 6.07 Å². The molecule has 0 aliphatic carbocycles. The Hall–Kier alpha value is -2.10. The Morgan fingerprint density at radius 2 is 1.76 bits per heavy atom. The third-order valence-corrected chi connectivity index (χ3v) is 3.62. The topological polar surface area (TPSA) is 21.3 Å². The summed E-state index contributed by atoms with van der Waals surface area (Å²) in [4.78, 5) is 0. The first-order valence-corrected chi connectivity index (χ1v) is 6.79. The molecule has 0 bridgehead atoms. The first-order chi connectivity index (χ1) is 9.93. The molecule has 0 spiro atoms. The summed E-state index contributed by atoms with van der Waals surface area (Å²) in [5.41, 5.74) is 3.65. The van der Waals surface area contributed by atoms with Crippen molar-refractivity contribution in [2.75, 3.05) is 12.4 Å². The van der Waals surface area contributed by atoms with E-state index in [-0.39, 0.29) is 6.04 Å². The highest BCUT2D eigenvalue weighted by atomic mass is 19.2. The Kier molecular flexibility index (Phi) is 4.46. The summed E-state index contributed by atoms with van der Waals surface area (Å²) in [6.07, 6.45) is 0. The average molecular weight is 291 g/mol. The highest BCUT2D eigenvalue weighted by molar-refractivity contribution is 5.60. The van der Waals surface area contributed by atoms with Crippen LogP contribution in [-0.2, 0) is 0 Å². The molecule has 1 N–H and O–H groups in total. The molecule has 0 saturated heterocycles. The maximum Gasteiger partial charge on any atom is 0.159 e. The molecule has 0 aliphatic heterocycles. The second-order valence-corrected chi connectivity index (χ2v) is 5.13. The van der Waals surface area contributed by atoms with E-state index in [4.69, 9.17) is 4.74 Å². The van der Waals surface area contributed by atoms with Crippen molar-refractivity contribution in [3.63, 3.8) is 0 Å². The quantitative estimate of drug-likeness (QED) is 0.876. The van der Waals surface area contributed by atoms with Gasteiger partial charge in [0.1, 0.15) is 5.75 Å². The first kappa shape index (κ1) is 15.3. The van der Waals surface area contributed by atoms with Crippen molar-refractivity contribution in [2.45, 2.75) is 26.8 Å². The molecular weight excluding hydrogens is 272 g/mol. The molecule has 0 amide bonds. The highest BCUT2D eigenvalue weighted by Gasteiger charge is 2.13. The number of nitrogens with one attached hydrogen (secondary N) is 1. The van der Waals surface area contributed by atoms with Gasteiger partial charge in [0.05, 0.1) is 7.11 Å². The monoisotopic (exact) mass is 291 g/mol. The van der Waals surface area contributed by atoms with Gasteiger partial charge in [-0.25, -0.2) is 8.78 Å². The molecule has 1 atom stereocenters. The Morgan fingerprint density at radius 3 is 2.38 bits per heavy atom. The van der Waals surface area contributed by atoms with Gasteiger partial charge in [-0.05, 0) is 50.1 Å². The van der Waals surface area contributed by atoms with Gasteiger partial charge in [-0.1, -0.05) is 12.1 Å². The fourth-order valence-electron chi connectivity index (χ4n) is 2.40. The van der Waals surface area contributed by atoms with Gasteiger partial charge in [-0.15, -0.1) is 0 Å². The fraction of sp³-hybridized carbons (Fsp3) is 0.294. The lowest BCUT2D eigenvalue weighted by Crippen LogP contribution is -2.09. The summed E-state index contributed by atoms with van der Waals surface area (Å²) in [5, 5.41) is 3.31. The molecule has 0 fully saturated rings. The van der Waals surface area contributed by atoms with Crippen LogP contribution in [0.25, 0.3) is 0 Å². The molecule has 2 nitrogen and oxygen atoms in total. The molecule has 0 heterocycles. The van der Waals surface area contributed by atoms with E-state index in [2.05, 4.69) is 5.32 Å². The smallest absolute Gasteiger partial charge is 0.159 e.